The number of hydrazine groups is 1. The standard InChI is InChI=1S/C14H22N4O/c1-10-4-5-13(16-15)12(8-10)14(19)18-7-6-17(3)11(2)9-18/h4-5,8,11,16H,6-7,9,15H2,1-3H3. The Labute approximate surface area is 114 Å². The van der Waals surface area contributed by atoms with E-state index in [0.717, 1.165) is 25.2 Å². The van der Waals surface area contributed by atoms with Gasteiger partial charge in [-0.05, 0) is 33.0 Å². The summed E-state index contributed by atoms with van der Waals surface area (Å²) in [5, 5.41) is 0. The lowest BCUT2D eigenvalue weighted by atomic mass is 10.1. The highest BCUT2D eigenvalue weighted by molar-refractivity contribution is 5.99. The monoisotopic (exact) mass is 262 g/mol. The van der Waals surface area contributed by atoms with E-state index in [2.05, 4.69) is 24.3 Å². The van der Waals surface area contributed by atoms with E-state index in [9.17, 15) is 4.79 Å². The minimum atomic E-state index is 0.0524. The molecule has 1 fully saturated rings. The van der Waals surface area contributed by atoms with E-state index in [4.69, 9.17) is 5.84 Å². The third kappa shape index (κ3) is 2.88. The summed E-state index contributed by atoms with van der Waals surface area (Å²) in [5.41, 5.74) is 5.00. The van der Waals surface area contributed by atoms with Gasteiger partial charge in [0.2, 0.25) is 0 Å². The Balaban J connectivity index is 2.22. The smallest absolute Gasteiger partial charge is 0.256 e. The molecule has 0 aromatic heterocycles. The van der Waals surface area contributed by atoms with Gasteiger partial charge in [-0.15, -0.1) is 0 Å². The molecule has 5 heteroatoms. The van der Waals surface area contributed by atoms with Crippen LogP contribution in [-0.4, -0.2) is 48.4 Å². The Morgan fingerprint density at radius 2 is 2.16 bits per heavy atom. The molecule has 104 valence electrons. The first-order valence-electron chi connectivity index (χ1n) is 6.59. The summed E-state index contributed by atoms with van der Waals surface area (Å²) in [7, 11) is 2.09. The van der Waals surface area contributed by atoms with E-state index in [-0.39, 0.29) is 5.91 Å². The lowest BCUT2D eigenvalue weighted by Gasteiger charge is -2.37. The van der Waals surface area contributed by atoms with Crippen LogP contribution >= 0.6 is 0 Å². The third-order valence-corrected chi connectivity index (χ3v) is 3.81. The Morgan fingerprint density at radius 3 is 2.79 bits per heavy atom. The number of anilines is 1. The van der Waals surface area contributed by atoms with Gasteiger partial charge in [-0.3, -0.25) is 10.6 Å². The van der Waals surface area contributed by atoms with Crippen molar-refractivity contribution in [3.63, 3.8) is 0 Å². The van der Waals surface area contributed by atoms with Crippen LogP contribution in [0.5, 0.6) is 0 Å². The second kappa shape index (κ2) is 5.59. The molecule has 0 aliphatic carbocycles. The zero-order valence-corrected chi connectivity index (χ0v) is 11.8. The number of nitrogen functional groups attached to an aromatic ring is 1. The zero-order valence-electron chi connectivity index (χ0n) is 11.8. The number of hydrogen-bond acceptors (Lipinski definition) is 4. The highest BCUT2D eigenvalue weighted by atomic mass is 16.2. The lowest BCUT2D eigenvalue weighted by Crippen LogP contribution is -2.52. The van der Waals surface area contributed by atoms with Gasteiger partial charge < -0.3 is 15.2 Å². The largest absolute Gasteiger partial charge is 0.336 e. The van der Waals surface area contributed by atoms with Crippen molar-refractivity contribution in [2.24, 2.45) is 5.84 Å². The number of piperazine rings is 1. The summed E-state index contributed by atoms with van der Waals surface area (Å²) in [6.45, 7) is 6.54. The van der Waals surface area contributed by atoms with E-state index in [1.165, 1.54) is 0 Å². The van der Waals surface area contributed by atoms with Crippen molar-refractivity contribution < 1.29 is 4.79 Å². The number of nitrogens with one attached hydrogen (secondary N) is 1. The summed E-state index contributed by atoms with van der Waals surface area (Å²) in [4.78, 5) is 16.8. The maximum atomic E-state index is 12.6. The van der Waals surface area contributed by atoms with Gasteiger partial charge in [0.15, 0.2) is 0 Å². The van der Waals surface area contributed by atoms with E-state index < -0.39 is 0 Å². The first-order chi connectivity index (χ1) is 9.02. The molecule has 3 N–H and O–H groups in total. The third-order valence-electron chi connectivity index (χ3n) is 3.81. The van der Waals surface area contributed by atoms with Crippen LogP contribution in [0.25, 0.3) is 0 Å². The summed E-state index contributed by atoms with van der Waals surface area (Å²) in [5.74, 6) is 5.54. The number of likely N-dealkylation sites (N-methyl/N-ethyl adjacent to an activating group) is 1. The van der Waals surface area contributed by atoms with E-state index in [0.29, 0.717) is 17.3 Å². The van der Waals surface area contributed by atoms with Crippen LogP contribution in [0.1, 0.15) is 22.8 Å². The molecule has 1 saturated heterocycles. The van der Waals surface area contributed by atoms with Crippen molar-refractivity contribution in [1.82, 2.24) is 9.80 Å². The van der Waals surface area contributed by atoms with Crippen LogP contribution in [0.4, 0.5) is 5.69 Å². The van der Waals surface area contributed by atoms with Crippen LogP contribution in [0.15, 0.2) is 18.2 Å². The Kier molecular flexibility index (Phi) is 4.07. The Bertz CT molecular complexity index is 475. The van der Waals surface area contributed by atoms with Gasteiger partial charge in [-0.25, -0.2) is 0 Å². The topological polar surface area (TPSA) is 61.6 Å². The molecule has 1 amide bonds. The highest BCUT2D eigenvalue weighted by Gasteiger charge is 2.26. The average Bonchev–Trinajstić information content (AvgIpc) is 2.41. The van der Waals surface area contributed by atoms with E-state index in [1.807, 2.05) is 30.0 Å². The first-order valence-corrected chi connectivity index (χ1v) is 6.59. The average molecular weight is 262 g/mol. The number of rotatable bonds is 2. The van der Waals surface area contributed by atoms with E-state index >= 15 is 0 Å². The normalized spacial score (nSPS) is 20.4. The molecule has 19 heavy (non-hydrogen) atoms. The van der Waals surface area contributed by atoms with Crippen molar-refractivity contribution in [1.29, 1.82) is 0 Å². The Morgan fingerprint density at radius 1 is 1.42 bits per heavy atom. The number of nitrogens with zero attached hydrogens (tertiary/aromatic N) is 2. The zero-order chi connectivity index (χ0) is 14.0. The summed E-state index contributed by atoms with van der Waals surface area (Å²) in [6.07, 6.45) is 0. The van der Waals surface area contributed by atoms with E-state index in [1.54, 1.807) is 0 Å². The number of carbonyl (C=O) groups excluding carboxylic acids is 1. The number of nitrogens with two attached hydrogens (primary N) is 1. The molecule has 0 radical (unpaired) electrons. The van der Waals surface area contributed by atoms with Crippen LogP contribution < -0.4 is 11.3 Å². The molecule has 0 saturated carbocycles. The quantitative estimate of drug-likeness (QED) is 0.618. The lowest BCUT2D eigenvalue weighted by molar-refractivity contribution is 0.0573. The predicted octanol–water partition coefficient (Wildman–Crippen LogP) is 1.06. The van der Waals surface area contributed by atoms with Gasteiger partial charge in [-0.1, -0.05) is 11.6 Å². The molecule has 1 aliphatic rings. The molecule has 1 unspecified atom stereocenters. The van der Waals surface area contributed by atoms with Crippen molar-refractivity contribution in [3.8, 4) is 0 Å². The molecule has 1 atom stereocenters. The second-order valence-corrected chi connectivity index (χ2v) is 5.27. The van der Waals surface area contributed by atoms with Crippen molar-refractivity contribution in [2.75, 3.05) is 32.1 Å². The molecule has 1 aromatic carbocycles. The molecule has 1 heterocycles. The SMILES string of the molecule is Cc1ccc(NN)c(C(=O)N2CCN(C)C(C)C2)c1. The number of aryl methyl sites for hydroxylation is 1. The van der Waals surface area contributed by atoms with Gasteiger partial charge in [0, 0.05) is 25.7 Å². The predicted molar refractivity (Wildman–Crippen MR) is 77.0 cm³/mol. The molecule has 5 nitrogen and oxygen atoms in total. The fourth-order valence-corrected chi connectivity index (χ4v) is 2.36. The van der Waals surface area contributed by atoms with Crippen molar-refractivity contribution in [2.45, 2.75) is 19.9 Å². The van der Waals surface area contributed by atoms with Crippen molar-refractivity contribution in [3.05, 3.63) is 29.3 Å². The highest BCUT2D eigenvalue weighted by Crippen LogP contribution is 2.20. The minimum absolute atomic E-state index is 0.0524. The Hall–Kier alpha value is -1.59. The van der Waals surface area contributed by atoms with Gasteiger partial charge in [-0.2, -0.15) is 0 Å². The van der Waals surface area contributed by atoms with Gasteiger partial charge in [0.25, 0.3) is 5.91 Å². The van der Waals surface area contributed by atoms with Gasteiger partial charge >= 0.3 is 0 Å². The fraction of sp³-hybridized carbons (Fsp3) is 0.500. The molecular formula is C14H22N4O. The summed E-state index contributed by atoms with van der Waals surface area (Å²) >= 11 is 0. The van der Waals surface area contributed by atoms with Crippen molar-refractivity contribution >= 4 is 11.6 Å². The number of hydrogen-bond donors (Lipinski definition) is 2. The minimum Gasteiger partial charge on any atom is -0.336 e. The van der Waals surface area contributed by atoms with Gasteiger partial charge in [0.05, 0.1) is 11.3 Å². The van der Waals surface area contributed by atoms with Crippen LogP contribution in [0.2, 0.25) is 0 Å². The van der Waals surface area contributed by atoms with Crippen LogP contribution in [-0.2, 0) is 0 Å². The van der Waals surface area contributed by atoms with Gasteiger partial charge in [0.1, 0.15) is 0 Å². The molecule has 2 rings (SSSR count). The summed E-state index contributed by atoms with van der Waals surface area (Å²) < 4.78 is 0. The molecule has 0 bridgehead atoms. The molecule has 1 aliphatic heterocycles. The first kappa shape index (κ1) is 13.8. The molecule has 0 spiro atoms. The number of amides is 1. The molecular weight excluding hydrogens is 240 g/mol. The maximum absolute atomic E-state index is 12.6. The molecule has 1 aromatic rings. The second-order valence-electron chi connectivity index (χ2n) is 5.27. The fourth-order valence-electron chi connectivity index (χ4n) is 2.36. The number of benzene rings is 1. The summed E-state index contributed by atoms with van der Waals surface area (Å²) in [6, 6.07) is 6.07. The van der Waals surface area contributed by atoms with Crippen LogP contribution in [0.3, 0.4) is 0 Å². The number of carbonyl (C=O) groups is 1. The van der Waals surface area contributed by atoms with Crippen LogP contribution in [0, 0.1) is 6.92 Å². The maximum Gasteiger partial charge on any atom is 0.256 e.